The summed E-state index contributed by atoms with van der Waals surface area (Å²) in [7, 11) is 0. The summed E-state index contributed by atoms with van der Waals surface area (Å²) in [4.78, 5) is 23.6. The van der Waals surface area contributed by atoms with Gasteiger partial charge in [0.25, 0.3) is 11.5 Å². The van der Waals surface area contributed by atoms with E-state index in [1.807, 2.05) is 0 Å². The lowest BCUT2D eigenvalue weighted by atomic mass is 10.3. The van der Waals surface area contributed by atoms with Gasteiger partial charge >= 0.3 is 0 Å². The van der Waals surface area contributed by atoms with Crippen molar-refractivity contribution < 1.29 is 18.3 Å². The molecule has 1 aromatic carbocycles. The second-order valence-corrected chi connectivity index (χ2v) is 5.42. The first kappa shape index (κ1) is 18.2. The highest BCUT2D eigenvalue weighted by Gasteiger charge is 2.08. The van der Waals surface area contributed by atoms with Gasteiger partial charge in [0.05, 0.1) is 6.54 Å². The first-order valence-electron chi connectivity index (χ1n) is 7.95. The number of benzene rings is 1. The molecule has 1 N–H and O–H groups in total. The highest BCUT2D eigenvalue weighted by molar-refractivity contribution is 5.77. The van der Waals surface area contributed by atoms with Crippen LogP contribution < -0.4 is 15.6 Å². The molecule has 27 heavy (non-hydrogen) atoms. The van der Waals surface area contributed by atoms with Gasteiger partial charge in [0.2, 0.25) is 0 Å². The Morgan fingerprint density at radius 1 is 1.22 bits per heavy atom. The van der Waals surface area contributed by atoms with Gasteiger partial charge in [0.15, 0.2) is 24.0 Å². The Balaban J connectivity index is 1.51. The molecule has 0 aliphatic heterocycles. The molecule has 3 rings (SSSR count). The summed E-state index contributed by atoms with van der Waals surface area (Å²) >= 11 is 0. The number of carbonyl (C=O) groups is 1. The summed E-state index contributed by atoms with van der Waals surface area (Å²) in [6.07, 6.45) is 3.27. The quantitative estimate of drug-likeness (QED) is 0.663. The Labute approximate surface area is 152 Å². The number of halogens is 2. The zero-order valence-electron chi connectivity index (χ0n) is 14.0. The van der Waals surface area contributed by atoms with Crippen molar-refractivity contribution in [2.24, 2.45) is 0 Å². The van der Waals surface area contributed by atoms with Crippen LogP contribution in [0.25, 0.3) is 5.82 Å². The molecule has 140 valence electrons. The second kappa shape index (κ2) is 8.21. The first-order valence-corrected chi connectivity index (χ1v) is 7.95. The summed E-state index contributed by atoms with van der Waals surface area (Å²) in [5, 5.41) is 10.7. The Bertz CT molecular complexity index is 988. The summed E-state index contributed by atoms with van der Waals surface area (Å²) in [6.45, 7) is -0.202. The van der Waals surface area contributed by atoms with Crippen molar-refractivity contribution >= 4 is 5.91 Å². The lowest BCUT2D eigenvalue weighted by Gasteiger charge is -2.09. The topological polar surface area (TPSA) is 91.0 Å². The van der Waals surface area contributed by atoms with Crippen LogP contribution in [-0.2, 0) is 11.3 Å². The normalized spacial score (nSPS) is 10.6. The van der Waals surface area contributed by atoms with E-state index in [1.54, 1.807) is 18.5 Å². The Morgan fingerprint density at radius 3 is 2.81 bits per heavy atom. The molecule has 0 saturated heterocycles. The zero-order valence-corrected chi connectivity index (χ0v) is 14.0. The number of amides is 1. The fourth-order valence-corrected chi connectivity index (χ4v) is 2.21. The van der Waals surface area contributed by atoms with Crippen LogP contribution in [0, 0.1) is 11.6 Å². The third-order valence-corrected chi connectivity index (χ3v) is 3.49. The number of aromatic nitrogens is 4. The van der Waals surface area contributed by atoms with Crippen molar-refractivity contribution in [1.29, 1.82) is 0 Å². The molecule has 0 bridgehead atoms. The van der Waals surface area contributed by atoms with Gasteiger partial charge in [-0.25, -0.2) is 18.1 Å². The van der Waals surface area contributed by atoms with E-state index in [0.717, 1.165) is 12.1 Å². The average molecular weight is 375 g/mol. The number of nitrogens with zero attached hydrogens (tertiary/aromatic N) is 4. The molecule has 2 aromatic heterocycles. The van der Waals surface area contributed by atoms with E-state index >= 15 is 0 Å². The third kappa shape index (κ3) is 4.75. The zero-order chi connectivity index (χ0) is 19.2. The Morgan fingerprint density at radius 2 is 2.07 bits per heavy atom. The largest absolute Gasteiger partial charge is 0.481 e. The summed E-state index contributed by atoms with van der Waals surface area (Å²) in [5.74, 6) is -1.92. The van der Waals surface area contributed by atoms with E-state index in [9.17, 15) is 18.4 Å². The number of hydrogen-bond donors (Lipinski definition) is 1. The summed E-state index contributed by atoms with van der Waals surface area (Å²) in [5.41, 5.74) is -0.329. The van der Waals surface area contributed by atoms with Crippen molar-refractivity contribution in [3.63, 3.8) is 0 Å². The molecule has 2 heterocycles. The molecule has 3 aromatic rings. The van der Waals surface area contributed by atoms with Crippen LogP contribution in [0.3, 0.4) is 0 Å². The molecule has 1 amide bonds. The van der Waals surface area contributed by atoms with Gasteiger partial charge in [-0.1, -0.05) is 0 Å². The predicted octanol–water partition coefficient (Wildman–Crippen LogP) is 0.902. The number of ether oxygens (including phenoxy) is 1. The monoisotopic (exact) mass is 375 g/mol. The number of carbonyl (C=O) groups excluding carboxylic acids is 1. The standard InChI is InChI=1S/C17H15F2N5O3/c18-12-2-3-14(13(19)10-12)27-11-16(25)20-7-9-24-17(26)5-4-15(22-24)23-8-1-6-21-23/h1-6,8,10H,7,9,11H2,(H,20,25). The SMILES string of the molecule is O=C(COc1ccc(F)cc1F)NCCn1nc(-n2cccn2)ccc1=O. The molecule has 0 fully saturated rings. The van der Waals surface area contributed by atoms with Crippen LogP contribution in [-0.4, -0.2) is 38.6 Å². The molecule has 0 spiro atoms. The maximum absolute atomic E-state index is 13.4. The Kier molecular flexibility index (Phi) is 5.55. The number of rotatable bonds is 7. The molecular weight excluding hydrogens is 360 g/mol. The maximum atomic E-state index is 13.4. The molecular formula is C17H15F2N5O3. The minimum atomic E-state index is -0.894. The van der Waals surface area contributed by atoms with Crippen molar-refractivity contribution in [3.8, 4) is 11.6 Å². The fourth-order valence-electron chi connectivity index (χ4n) is 2.21. The molecule has 0 atom stereocenters. The number of hydrogen-bond acceptors (Lipinski definition) is 5. The minimum Gasteiger partial charge on any atom is -0.481 e. The van der Waals surface area contributed by atoms with Crippen molar-refractivity contribution in [2.75, 3.05) is 13.2 Å². The van der Waals surface area contributed by atoms with Gasteiger partial charge in [-0.2, -0.15) is 5.10 Å². The van der Waals surface area contributed by atoms with Crippen molar-refractivity contribution in [3.05, 3.63) is 70.8 Å². The Hall–Kier alpha value is -3.56. The van der Waals surface area contributed by atoms with Crippen LogP contribution in [0.15, 0.2) is 53.6 Å². The third-order valence-electron chi connectivity index (χ3n) is 3.49. The molecule has 10 heteroatoms. The average Bonchev–Trinajstić information content (AvgIpc) is 3.17. The van der Waals surface area contributed by atoms with E-state index in [2.05, 4.69) is 15.5 Å². The second-order valence-electron chi connectivity index (χ2n) is 5.42. The van der Waals surface area contributed by atoms with E-state index in [1.165, 1.54) is 21.5 Å². The molecule has 0 unspecified atom stereocenters. The maximum Gasteiger partial charge on any atom is 0.266 e. The van der Waals surface area contributed by atoms with Gasteiger partial charge < -0.3 is 10.1 Å². The van der Waals surface area contributed by atoms with Gasteiger partial charge in [-0.15, -0.1) is 5.10 Å². The van der Waals surface area contributed by atoms with Crippen LogP contribution in [0.4, 0.5) is 8.78 Å². The van der Waals surface area contributed by atoms with Crippen LogP contribution in [0.5, 0.6) is 5.75 Å². The highest BCUT2D eigenvalue weighted by atomic mass is 19.1. The molecule has 0 aliphatic carbocycles. The van der Waals surface area contributed by atoms with Crippen molar-refractivity contribution in [2.45, 2.75) is 6.54 Å². The van der Waals surface area contributed by atoms with Gasteiger partial charge in [0, 0.05) is 31.1 Å². The van der Waals surface area contributed by atoms with E-state index in [0.29, 0.717) is 11.9 Å². The molecule has 8 nitrogen and oxygen atoms in total. The molecule has 0 saturated carbocycles. The lowest BCUT2D eigenvalue weighted by molar-refractivity contribution is -0.123. The molecule has 0 radical (unpaired) electrons. The van der Waals surface area contributed by atoms with Gasteiger partial charge in [0.1, 0.15) is 5.82 Å². The predicted molar refractivity (Wildman–Crippen MR) is 90.5 cm³/mol. The first-order chi connectivity index (χ1) is 13.0. The van der Waals surface area contributed by atoms with Crippen LogP contribution in [0.1, 0.15) is 0 Å². The highest BCUT2D eigenvalue weighted by Crippen LogP contribution is 2.17. The lowest BCUT2D eigenvalue weighted by Crippen LogP contribution is -2.34. The molecule has 0 aliphatic rings. The van der Waals surface area contributed by atoms with Crippen LogP contribution >= 0.6 is 0 Å². The van der Waals surface area contributed by atoms with E-state index in [-0.39, 0.29) is 24.4 Å². The van der Waals surface area contributed by atoms with E-state index < -0.39 is 24.1 Å². The smallest absolute Gasteiger partial charge is 0.266 e. The summed E-state index contributed by atoms with van der Waals surface area (Å²) < 4.78 is 33.9. The van der Waals surface area contributed by atoms with Gasteiger partial charge in [-0.3, -0.25) is 9.59 Å². The minimum absolute atomic E-state index is 0.115. The summed E-state index contributed by atoms with van der Waals surface area (Å²) in [6, 6.07) is 7.41. The van der Waals surface area contributed by atoms with Crippen molar-refractivity contribution in [1.82, 2.24) is 24.9 Å². The van der Waals surface area contributed by atoms with Gasteiger partial charge in [-0.05, 0) is 24.3 Å². The van der Waals surface area contributed by atoms with E-state index in [4.69, 9.17) is 4.74 Å². The van der Waals surface area contributed by atoms with Crippen LogP contribution in [0.2, 0.25) is 0 Å². The number of nitrogens with one attached hydrogen (secondary N) is 1. The fraction of sp³-hybridized carbons (Fsp3) is 0.176.